The third-order valence-electron chi connectivity index (χ3n) is 1.65. The van der Waals surface area contributed by atoms with Gasteiger partial charge < -0.3 is 5.32 Å². The van der Waals surface area contributed by atoms with Gasteiger partial charge in [0.05, 0.1) is 11.6 Å². The van der Waals surface area contributed by atoms with Crippen LogP contribution >= 0.6 is 11.6 Å². The van der Waals surface area contributed by atoms with Gasteiger partial charge in [0.15, 0.2) is 0 Å². The number of halogens is 1. The van der Waals surface area contributed by atoms with E-state index in [4.69, 9.17) is 11.6 Å². The first-order valence-electron chi connectivity index (χ1n) is 3.75. The van der Waals surface area contributed by atoms with Crippen molar-refractivity contribution in [2.45, 2.75) is 5.03 Å². The lowest BCUT2D eigenvalue weighted by atomic mass is 10.4. The Labute approximate surface area is 85.9 Å². The van der Waals surface area contributed by atoms with E-state index in [-0.39, 0.29) is 16.7 Å². The summed E-state index contributed by atoms with van der Waals surface area (Å²) in [7, 11) is -3.67. The number of nitrogens with zero attached hydrogens (tertiary/aromatic N) is 2. The summed E-state index contributed by atoms with van der Waals surface area (Å²) in [4.78, 5) is 3.74. The van der Waals surface area contributed by atoms with E-state index in [1.54, 1.807) is 12.1 Å². The molecular formula is C7H6ClN3O2S. The molecule has 1 aliphatic heterocycles. The topological polar surface area (TPSA) is 71.4 Å². The van der Waals surface area contributed by atoms with Gasteiger partial charge in [-0.05, 0) is 12.1 Å². The Kier molecular flexibility index (Phi) is 2.16. The predicted octanol–water partition coefficient (Wildman–Crippen LogP) is 0.833. The molecule has 0 bridgehead atoms. The number of rotatable bonds is 1. The summed E-state index contributed by atoms with van der Waals surface area (Å²) in [5.74, 6) is 0.236. The van der Waals surface area contributed by atoms with Gasteiger partial charge in [0, 0.05) is 6.20 Å². The van der Waals surface area contributed by atoms with Crippen LogP contribution in [0.2, 0.25) is 0 Å². The standard InChI is InChI=1S/C7H6ClN3O2S/c8-4-6-10-5-2-1-3-9-7(5)14(12,13)11-6/h1-3H,4H2,(H,10,11). The lowest BCUT2D eigenvalue weighted by Gasteiger charge is -2.14. The van der Waals surface area contributed by atoms with Crippen LogP contribution in [0.3, 0.4) is 0 Å². The van der Waals surface area contributed by atoms with E-state index in [0.29, 0.717) is 5.69 Å². The molecule has 0 saturated heterocycles. The zero-order valence-electron chi connectivity index (χ0n) is 6.94. The number of hydrogen-bond acceptors (Lipinski definition) is 4. The fraction of sp³-hybridized carbons (Fsp3) is 0.143. The number of alkyl halides is 1. The highest BCUT2D eigenvalue weighted by molar-refractivity contribution is 7.90. The Bertz CT molecular complexity index is 497. The lowest BCUT2D eigenvalue weighted by Crippen LogP contribution is -2.23. The highest BCUT2D eigenvalue weighted by Crippen LogP contribution is 2.24. The second kappa shape index (κ2) is 3.21. The predicted molar refractivity (Wildman–Crippen MR) is 53.2 cm³/mol. The molecule has 0 atom stereocenters. The van der Waals surface area contributed by atoms with E-state index in [0.717, 1.165) is 0 Å². The third-order valence-corrected chi connectivity index (χ3v) is 3.18. The molecule has 2 heterocycles. The van der Waals surface area contributed by atoms with E-state index in [9.17, 15) is 8.42 Å². The highest BCUT2D eigenvalue weighted by Gasteiger charge is 2.25. The molecule has 74 valence electrons. The van der Waals surface area contributed by atoms with Crippen molar-refractivity contribution in [3.63, 3.8) is 0 Å². The summed E-state index contributed by atoms with van der Waals surface area (Å²) in [6.45, 7) is 0. The zero-order chi connectivity index (χ0) is 10.2. The van der Waals surface area contributed by atoms with Crippen LogP contribution in [0.4, 0.5) is 5.69 Å². The normalized spacial score (nSPS) is 17.9. The van der Waals surface area contributed by atoms with Crippen LogP contribution in [0.5, 0.6) is 0 Å². The first-order chi connectivity index (χ1) is 6.63. The van der Waals surface area contributed by atoms with Crippen molar-refractivity contribution < 1.29 is 8.42 Å². The van der Waals surface area contributed by atoms with Crippen molar-refractivity contribution in [3.05, 3.63) is 18.3 Å². The smallest absolute Gasteiger partial charge is 0.303 e. The summed E-state index contributed by atoms with van der Waals surface area (Å²) < 4.78 is 26.4. The maximum Gasteiger partial charge on any atom is 0.303 e. The van der Waals surface area contributed by atoms with Gasteiger partial charge in [0.2, 0.25) is 5.03 Å². The number of amidine groups is 1. The molecule has 5 nitrogen and oxygen atoms in total. The van der Waals surface area contributed by atoms with E-state index < -0.39 is 10.0 Å². The highest BCUT2D eigenvalue weighted by atomic mass is 35.5. The minimum atomic E-state index is -3.67. The molecule has 1 aromatic rings. The van der Waals surface area contributed by atoms with Crippen LogP contribution < -0.4 is 5.32 Å². The molecular weight excluding hydrogens is 226 g/mol. The van der Waals surface area contributed by atoms with Crippen molar-refractivity contribution in [1.29, 1.82) is 0 Å². The van der Waals surface area contributed by atoms with Crippen molar-refractivity contribution in [3.8, 4) is 0 Å². The van der Waals surface area contributed by atoms with Crippen molar-refractivity contribution in [1.82, 2.24) is 4.98 Å². The maximum absolute atomic E-state index is 11.5. The summed E-state index contributed by atoms with van der Waals surface area (Å²) >= 11 is 5.50. The van der Waals surface area contributed by atoms with Crippen LogP contribution in [0.1, 0.15) is 0 Å². The lowest BCUT2D eigenvalue weighted by molar-refractivity contribution is 0.594. The van der Waals surface area contributed by atoms with Crippen LogP contribution in [-0.4, -0.2) is 25.1 Å². The second-order valence-electron chi connectivity index (χ2n) is 2.63. The third kappa shape index (κ3) is 1.46. The van der Waals surface area contributed by atoms with E-state index in [1.165, 1.54) is 6.20 Å². The van der Waals surface area contributed by atoms with Crippen LogP contribution in [0, 0.1) is 0 Å². The number of fused-ring (bicyclic) bond motifs is 1. The van der Waals surface area contributed by atoms with Gasteiger partial charge in [-0.2, -0.15) is 8.42 Å². The van der Waals surface area contributed by atoms with Gasteiger partial charge in [-0.3, -0.25) is 0 Å². The quantitative estimate of drug-likeness (QED) is 0.727. The van der Waals surface area contributed by atoms with Gasteiger partial charge >= 0.3 is 10.0 Å². The number of pyridine rings is 1. The zero-order valence-corrected chi connectivity index (χ0v) is 8.51. The molecule has 0 unspecified atom stereocenters. The minimum absolute atomic E-state index is 0.0214. The Balaban J connectivity index is 2.63. The fourth-order valence-corrected chi connectivity index (χ4v) is 2.39. The Morgan fingerprint density at radius 2 is 2.29 bits per heavy atom. The number of nitrogens with one attached hydrogen (secondary N) is 1. The van der Waals surface area contributed by atoms with Crippen LogP contribution in [-0.2, 0) is 10.0 Å². The Morgan fingerprint density at radius 3 is 3.00 bits per heavy atom. The number of aromatic nitrogens is 1. The maximum atomic E-state index is 11.5. The molecule has 1 aromatic heterocycles. The van der Waals surface area contributed by atoms with Gasteiger partial charge in [-0.15, -0.1) is 16.0 Å². The summed E-state index contributed by atoms with van der Waals surface area (Å²) in [5.41, 5.74) is 0.415. The average molecular weight is 232 g/mol. The minimum Gasteiger partial charge on any atom is -0.340 e. The molecule has 0 saturated carbocycles. The van der Waals surface area contributed by atoms with Gasteiger partial charge in [-0.25, -0.2) is 4.98 Å². The van der Waals surface area contributed by atoms with Crippen molar-refractivity contribution in [2.24, 2.45) is 4.40 Å². The largest absolute Gasteiger partial charge is 0.340 e. The first kappa shape index (κ1) is 9.42. The number of sulfonamides is 1. The van der Waals surface area contributed by atoms with Crippen LogP contribution in [0.25, 0.3) is 0 Å². The van der Waals surface area contributed by atoms with Gasteiger partial charge in [-0.1, -0.05) is 0 Å². The van der Waals surface area contributed by atoms with Crippen molar-refractivity contribution >= 4 is 33.1 Å². The van der Waals surface area contributed by atoms with Gasteiger partial charge in [0.25, 0.3) is 0 Å². The van der Waals surface area contributed by atoms with E-state index >= 15 is 0 Å². The van der Waals surface area contributed by atoms with Gasteiger partial charge in [0.1, 0.15) is 5.84 Å². The Hall–Kier alpha value is -1.14. The number of anilines is 1. The molecule has 14 heavy (non-hydrogen) atoms. The average Bonchev–Trinajstić information content (AvgIpc) is 2.17. The number of hydrogen-bond donors (Lipinski definition) is 1. The SMILES string of the molecule is O=S1(=O)N=C(CCl)Nc2cccnc21. The molecule has 0 amide bonds. The molecule has 2 rings (SSSR count). The van der Waals surface area contributed by atoms with Crippen LogP contribution in [0.15, 0.2) is 27.8 Å². The molecule has 0 aromatic carbocycles. The first-order valence-corrected chi connectivity index (χ1v) is 5.73. The Morgan fingerprint density at radius 1 is 1.50 bits per heavy atom. The molecule has 1 N–H and O–H groups in total. The summed E-state index contributed by atoms with van der Waals surface area (Å²) in [5, 5.41) is 2.72. The molecule has 7 heteroatoms. The second-order valence-corrected chi connectivity index (χ2v) is 4.41. The molecule has 0 aliphatic carbocycles. The summed E-state index contributed by atoms with van der Waals surface area (Å²) in [6.07, 6.45) is 1.40. The molecule has 1 aliphatic rings. The molecule has 0 spiro atoms. The fourth-order valence-electron chi connectivity index (χ4n) is 1.12. The van der Waals surface area contributed by atoms with E-state index in [2.05, 4.69) is 14.7 Å². The molecule has 0 fully saturated rings. The molecule has 0 radical (unpaired) electrons. The van der Waals surface area contributed by atoms with E-state index in [1.807, 2.05) is 0 Å². The monoisotopic (exact) mass is 231 g/mol. The summed E-state index contributed by atoms with van der Waals surface area (Å²) in [6, 6.07) is 3.25. The van der Waals surface area contributed by atoms with Crippen molar-refractivity contribution in [2.75, 3.05) is 11.2 Å².